The highest BCUT2D eigenvalue weighted by Crippen LogP contribution is 2.62. The number of benzene rings is 1. The van der Waals surface area contributed by atoms with E-state index in [-0.39, 0.29) is 17.6 Å². The first-order chi connectivity index (χ1) is 9.63. The van der Waals surface area contributed by atoms with Crippen LogP contribution in [-0.4, -0.2) is 25.3 Å². The molecular formula is C17H18O3. The summed E-state index contributed by atoms with van der Waals surface area (Å²) < 4.78 is 11.4. The number of methoxy groups -OCH3 is 1. The molecule has 1 aliphatic heterocycles. The average Bonchev–Trinajstić information content (AvgIpc) is 2.83. The van der Waals surface area contributed by atoms with Gasteiger partial charge >= 0.3 is 0 Å². The van der Waals surface area contributed by atoms with Crippen molar-refractivity contribution in [3.8, 4) is 0 Å². The van der Waals surface area contributed by atoms with Crippen LogP contribution in [0.3, 0.4) is 0 Å². The standard InChI is InChI=1S/C17H18O3/c1-16-9-8-13-12(10-20-17(13,19-2)15(16)18)14(16)11-6-4-3-5-7-11/h3-9,12-14H,10H2,1-2H3/t12-,13-,14+,16+,17+/m0/s1. The molecule has 4 aliphatic rings. The van der Waals surface area contributed by atoms with E-state index in [1.54, 1.807) is 7.11 Å². The fraction of sp³-hybridized carbons (Fsp3) is 0.471. The van der Waals surface area contributed by atoms with E-state index in [4.69, 9.17) is 9.47 Å². The Morgan fingerprint density at radius 2 is 2.05 bits per heavy atom. The van der Waals surface area contributed by atoms with Gasteiger partial charge in [-0.2, -0.15) is 0 Å². The van der Waals surface area contributed by atoms with E-state index in [1.165, 1.54) is 5.56 Å². The first-order valence-corrected chi connectivity index (χ1v) is 7.12. The number of carbonyl (C=O) groups excluding carboxylic acids is 1. The molecule has 4 bridgehead atoms. The number of Topliss-reactive ketones (excluding diaryl/α,β-unsaturated/α-hetero) is 1. The molecule has 5 atom stereocenters. The van der Waals surface area contributed by atoms with Gasteiger partial charge in [0.15, 0.2) is 0 Å². The van der Waals surface area contributed by atoms with E-state index in [1.807, 2.05) is 25.1 Å². The van der Waals surface area contributed by atoms with Gasteiger partial charge in [0.05, 0.1) is 12.0 Å². The largest absolute Gasteiger partial charge is 0.346 e. The topological polar surface area (TPSA) is 35.5 Å². The van der Waals surface area contributed by atoms with E-state index < -0.39 is 11.2 Å². The minimum absolute atomic E-state index is 0.0343. The van der Waals surface area contributed by atoms with Crippen molar-refractivity contribution in [3.63, 3.8) is 0 Å². The second kappa shape index (κ2) is 3.80. The van der Waals surface area contributed by atoms with Crippen LogP contribution in [-0.2, 0) is 14.3 Å². The van der Waals surface area contributed by atoms with Crippen LogP contribution in [0.15, 0.2) is 42.5 Å². The van der Waals surface area contributed by atoms with Crippen LogP contribution in [0.1, 0.15) is 18.4 Å². The van der Waals surface area contributed by atoms with Gasteiger partial charge in [0.1, 0.15) is 0 Å². The highest BCUT2D eigenvalue weighted by atomic mass is 16.7. The molecule has 1 saturated carbocycles. The highest BCUT2D eigenvalue weighted by Gasteiger charge is 2.70. The van der Waals surface area contributed by atoms with Crippen molar-refractivity contribution in [2.45, 2.75) is 18.6 Å². The van der Waals surface area contributed by atoms with Gasteiger partial charge in [-0.1, -0.05) is 42.5 Å². The molecule has 1 heterocycles. The molecule has 0 unspecified atom stereocenters. The Kier molecular flexibility index (Phi) is 2.34. The molecule has 0 aromatic heterocycles. The lowest BCUT2D eigenvalue weighted by Gasteiger charge is -2.52. The third kappa shape index (κ3) is 1.21. The first kappa shape index (κ1) is 12.3. The van der Waals surface area contributed by atoms with Gasteiger partial charge in [0.25, 0.3) is 0 Å². The van der Waals surface area contributed by atoms with Crippen LogP contribution in [0.25, 0.3) is 0 Å². The van der Waals surface area contributed by atoms with Gasteiger partial charge in [-0.3, -0.25) is 4.79 Å². The lowest BCUT2D eigenvalue weighted by atomic mass is 9.51. The molecule has 2 fully saturated rings. The molecule has 20 heavy (non-hydrogen) atoms. The molecule has 0 N–H and O–H groups in total. The highest BCUT2D eigenvalue weighted by molar-refractivity contribution is 5.97. The summed E-state index contributed by atoms with van der Waals surface area (Å²) in [7, 11) is 1.58. The Balaban J connectivity index is 1.90. The predicted octanol–water partition coefficient (Wildman–Crippen LogP) is 2.53. The summed E-state index contributed by atoms with van der Waals surface area (Å²) in [6, 6.07) is 10.3. The number of hydrogen-bond acceptors (Lipinski definition) is 3. The summed E-state index contributed by atoms with van der Waals surface area (Å²) in [6.45, 7) is 2.61. The van der Waals surface area contributed by atoms with Crippen molar-refractivity contribution in [2.75, 3.05) is 13.7 Å². The fourth-order valence-corrected chi connectivity index (χ4v) is 4.48. The smallest absolute Gasteiger partial charge is 0.236 e. The second-order valence-corrected chi connectivity index (χ2v) is 6.23. The number of allylic oxidation sites excluding steroid dienone is 1. The number of rotatable bonds is 2. The molecule has 0 spiro atoms. The van der Waals surface area contributed by atoms with E-state index in [9.17, 15) is 4.79 Å². The van der Waals surface area contributed by atoms with Crippen LogP contribution in [0.5, 0.6) is 0 Å². The van der Waals surface area contributed by atoms with Crippen molar-refractivity contribution < 1.29 is 14.3 Å². The van der Waals surface area contributed by atoms with Gasteiger partial charge in [-0.25, -0.2) is 0 Å². The third-order valence-corrected chi connectivity index (χ3v) is 5.38. The van der Waals surface area contributed by atoms with Crippen LogP contribution in [0.4, 0.5) is 0 Å². The van der Waals surface area contributed by atoms with Crippen LogP contribution >= 0.6 is 0 Å². The molecule has 1 aromatic carbocycles. The zero-order valence-electron chi connectivity index (χ0n) is 11.7. The van der Waals surface area contributed by atoms with Gasteiger partial charge < -0.3 is 9.47 Å². The Hall–Kier alpha value is -1.45. The summed E-state index contributed by atoms with van der Waals surface area (Å²) in [5.74, 6) is -0.448. The molecule has 5 rings (SSSR count). The first-order valence-electron chi connectivity index (χ1n) is 7.12. The zero-order chi connectivity index (χ0) is 14.0. The number of ketones is 1. The summed E-state index contributed by atoms with van der Waals surface area (Å²) >= 11 is 0. The monoisotopic (exact) mass is 270 g/mol. The Labute approximate surface area is 118 Å². The molecule has 3 aliphatic carbocycles. The minimum Gasteiger partial charge on any atom is -0.346 e. The lowest BCUT2D eigenvalue weighted by Crippen LogP contribution is -2.61. The van der Waals surface area contributed by atoms with E-state index in [0.717, 1.165) is 0 Å². The molecule has 1 saturated heterocycles. The van der Waals surface area contributed by atoms with E-state index >= 15 is 0 Å². The summed E-state index contributed by atoms with van der Waals surface area (Å²) in [4.78, 5) is 13.0. The molecule has 0 amide bonds. The van der Waals surface area contributed by atoms with Crippen molar-refractivity contribution in [3.05, 3.63) is 48.0 Å². The Morgan fingerprint density at radius 1 is 1.30 bits per heavy atom. The maximum Gasteiger partial charge on any atom is 0.236 e. The molecule has 104 valence electrons. The van der Waals surface area contributed by atoms with Gasteiger partial charge in [-0.15, -0.1) is 0 Å². The quantitative estimate of drug-likeness (QED) is 0.775. The number of ether oxygens (including phenoxy) is 2. The van der Waals surface area contributed by atoms with Gasteiger partial charge in [0, 0.05) is 24.9 Å². The minimum atomic E-state index is -1.04. The van der Waals surface area contributed by atoms with Crippen molar-refractivity contribution in [2.24, 2.45) is 17.3 Å². The van der Waals surface area contributed by atoms with Gasteiger partial charge in [0.2, 0.25) is 11.6 Å². The zero-order valence-corrected chi connectivity index (χ0v) is 11.7. The maximum absolute atomic E-state index is 13.0. The molecule has 1 aromatic rings. The lowest BCUT2D eigenvalue weighted by molar-refractivity contribution is -0.220. The summed E-state index contributed by atoms with van der Waals surface area (Å²) in [5.41, 5.74) is 0.686. The predicted molar refractivity (Wildman–Crippen MR) is 74.1 cm³/mol. The van der Waals surface area contributed by atoms with Crippen LogP contribution in [0, 0.1) is 17.3 Å². The Bertz CT molecular complexity index is 594. The van der Waals surface area contributed by atoms with Crippen molar-refractivity contribution >= 4 is 5.78 Å². The molecular weight excluding hydrogens is 252 g/mol. The van der Waals surface area contributed by atoms with Crippen LogP contribution < -0.4 is 0 Å². The van der Waals surface area contributed by atoms with Crippen molar-refractivity contribution in [1.82, 2.24) is 0 Å². The number of carbonyl (C=O) groups is 1. The number of hydrogen-bond donors (Lipinski definition) is 0. The Morgan fingerprint density at radius 3 is 2.75 bits per heavy atom. The molecule has 3 heteroatoms. The second-order valence-electron chi connectivity index (χ2n) is 6.23. The van der Waals surface area contributed by atoms with Crippen LogP contribution in [0.2, 0.25) is 0 Å². The molecule has 0 radical (unpaired) electrons. The van der Waals surface area contributed by atoms with E-state index in [2.05, 4.69) is 24.3 Å². The average molecular weight is 270 g/mol. The summed E-state index contributed by atoms with van der Waals surface area (Å²) in [6.07, 6.45) is 4.20. The van der Waals surface area contributed by atoms with Gasteiger partial charge in [-0.05, 0) is 12.5 Å². The molecule has 3 nitrogen and oxygen atoms in total. The summed E-state index contributed by atoms with van der Waals surface area (Å²) in [5, 5.41) is 0. The van der Waals surface area contributed by atoms with Crippen molar-refractivity contribution in [1.29, 1.82) is 0 Å². The van der Waals surface area contributed by atoms with E-state index in [0.29, 0.717) is 12.5 Å². The third-order valence-electron chi connectivity index (χ3n) is 5.38. The maximum atomic E-state index is 13.0. The SMILES string of the molecule is CO[C@@]12OC[C@@H]3[C@@H](c4ccccc4)[C@@](C)(C=C[C@@H]31)C2=O. The normalized spacial score (nSPS) is 45.1. The fourth-order valence-electron chi connectivity index (χ4n) is 4.48.